The van der Waals surface area contributed by atoms with Gasteiger partial charge in [0, 0.05) is 43.1 Å². The number of allylic oxidation sites excluding steroid dienone is 6. The van der Waals surface area contributed by atoms with E-state index in [1.807, 2.05) is 46.8 Å². The first kappa shape index (κ1) is 50.9. The van der Waals surface area contributed by atoms with Crippen LogP contribution >= 0.6 is 0 Å². The Morgan fingerprint density at radius 1 is 0.983 bits per heavy atom. The number of hydrogen-bond acceptors (Lipinski definition) is 14. The van der Waals surface area contributed by atoms with Gasteiger partial charge in [-0.15, -0.1) is 0 Å². The zero-order valence-electron chi connectivity index (χ0n) is 37.0. The summed E-state index contributed by atoms with van der Waals surface area (Å²) in [6.07, 6.45) is 0.0543. The Balaban J connectivity index is 2.03. The number of cyclic esters (lactones) is 1. The van der Waals surface area contributed by atoms with Crippen LogP contribution in [0.3, 0.4) is 0 Å². The lowest BCUT2D eigenvalue weighted by Crippen LogP contribution is -2.61. The van der Waals surface area contributed by atoms with Crippen molar-refractivity contribution in [1.29, 1.82) is 0 Å². The highest BCUT2D eigenvalue weighted by molar-refractivity contribution is 5.87. The molecule has 59 heavy (non-hydrogen) atoms. The van der Waals surface area contributed by atoms with E-state index in [-0.39, 0.29) is 35.9 Å². The van der Waals surface area contributed by atoms with Gasteiger partial charge in [-0.25, -0.2) is 4.79 Å². The Labute approximate surface area is 351 Å². The van der Waals surface area contributed by atoms with E-state index in [0.717, 1.165) is 5.57 Å². The second-order valence-electron chi connectivity index (χ2n) is 17.2. The number of carbonyl (C=O) groups excluding carboxylic acids is 1. The van der Waals surface area contributed by atoms with Crippen molar-refractivity contribution in [2.24, 2.45) is 35.5 Å². The Hall–Kier alpha value is -2.47. The van der Waals surface area contributed by atoms with E-state index in [0.29, 0.717) is 18.4 Å². The summed E-state index contributed by atoms with van der Waals surface area (Å²) in [4.78, 5) is 13.9. The van der Waals surface area contributed by atoms with Crippen LogP contribution in [0.2, 0.25) is 0 Å². The normalized spacial score (nSPS) is 44.6. The number of esters is 1. The van der Waals surface area contributed by atoms with E-state index >= 15 is 0 Å². The van der Waals surface area contributed by atoms with Gasteiger partial charge in [0.1, 0.15) is 30.5 Å². The molecule has 2 fully saturated rings. The predicted molar refractivity (Wildman–Crippen MR) is 221 cm³/mol. The van der Waals surface area contributed by atoms with Crippen molar-refractivity contribution in [3.8, 4) is 0 Å². The second-order valence-corrected chi connectivity index (χ2v) is 17.2. The van der Waals surface area contributed by atoms with E-state index in [9.17, 15) is 40.5 Å². The molecule has 0 amide bonds. The maximum atomic E-state index is 13.9. The van der Waals surface area contributed by atoms with Gasteiger partial charge in [-0.2, -0.15) is 0 Å². The van der Waals surface area contributed by atoms with Gasteiger partial charge >= 0.3 is 5.97 Å². The highest BCUT2D eigenvalue weighted by atomic mass is 16.7. The first-order valence-electron chi connectivity index (χ1n) is 21.1. The van der Waals surface area contributed by atoms with Gasteiger partial charge in [-0.05, 0) is 52.5 Å². The van der Waals surface area contributed by atoms with Crippen LogP contribution in [-0.4, -0.2) is 135 Å². The third-order valence-electron chi connectivity index (χ3n) is 12.7. The topological polar surface area (TPSA) is 214 Å². The molecular weight excluding hydrogens is 764 g/mol. The van der Waals surface area contributed by atoms with Gasteiger partial charge in [-0.1, -0.05) is 89.1 Å². The Kier molecular flexibility index (Phi) is 19.5. The lowest BCUT2D eigenvalue weighted by Gasteiger charge is -2.50. The van der Waals surface area contributed by atoms with Gasteiger partial charge in [-0.3, -0.25) is 0 Å². The molecule has 14 unspecified atom stereocenters. The molecule has 14 heteroatoms. The minimum atomic E-state index is -2.02. The number of carbonyl (C=O) groups is 1. The molecule has 14 nitrogen and oxygen atoms in total. The van der Waals surface area contributed by atoms with Gasteiger partial charge < -0.3 is 64.2 Å². The summed E-state index contributed by atoms with van der Waals surface area (Å²) >= 11 is 0. The number of hydrogen-bond donors (Lipinski definition) is 7. The van der Waals surface area contributed by atoms with E-state index in [2.05, 4.69) is 0 Å². The first-order chi connectivity index (χ1) is 27.6. The SMILES string of the molecule is C/C=C/C1OC(O)(C(C)C(O)C(C)C2OC(=O)/C(OC)=C/C(C)=C/C(C)C(O)C(CC)C(O)C(C)C/C(C)=C/C=C/C2OC)CC(O[C@@H]2O[C@@H](C)[C@H](O)[C@@H](O)[C@H]2O)C1C. The van der Waals surface area contributed by atoms with Crippen LogP contribution in [0, 0.1) is 35.5 Å². The quantitative estimate of drug-likeness (QED) is 0.123. The summed E-state index contributed by atoms with van der Waals surface area (Å²) in [5, 5.41) is 78.5. The zero-order chi connectivity index (χ0) is 44.5. The highest BCUT2D eigenvalue weighted by Gasteiger charge is 2.53. The van der Waals surface area contributed by atoms with Crippen molar-refractivity contribution in [2.45, 2.75) is 168 Å². The van der Waals surface area contributed by atoms with Crippen molar-refractivity contribution in [2.75, 3.05) is 14.2 Å². The molecule has 0 bridgehead atoms. The predicted octanol–water partition coefficient (Wildman–Crippen LogP) is 3.85. The minimum absolute atomic E-state index is 0.131. The summed E-state index contributed by atoms with van der Waals surface area (Å²) in [7, 11) is 2.79. The van der Waals surface area contributed by atoms with Crippen molar-refractivity contribution in [3.63, 3.8) is 0 Å². The second kappa shape index (κ2) is 22.6. The monoisotopic (exact) mass is 839 g/mol. The van der Waals surface area contributed by atoms with Crippen molar-refractivity contribution in [3.05, 3.63) is 59.4 Å². The van der Waals surface area contributed by atoms with Crippen molar-refractivity contribution < 1.29 is 69.0 Å². The van der Waals surface area contributed by atoms with Crippen LogP contribution < -0.4 is 0 Å². The third-order valence-corrected chi connectivity index (χ3v) is 12.7. The molecule has 0 aromatic carbocycles. The van der Waals surface area contributed by atoms with E-state index in [1.54, 1.807) is 58.9 Å². The molecule has 0 aliphatic carbocycles. The van der Waals surface area contributed by atoms with E-state index in [4.69, 9.17) is 28.4 Å². The first-order valence-corrected chi connectivity index (χ1v) is 21.1. The van der Waals surface area contributed by atoms with Gasteiger partial charge in [0.2, 0.25) is 5.76 Å². The molecule has 0 spiro atoms. The molecule has 3 heterocycles. The Morgan fingerprint density at radius 2 is 1.64 bits per heavy atom. The summed E-state index contributed by atoms with van der Waals surface area (Å²) in [6, 6.07) is 0. The zero-order valence-corrected chi connectivity index (χ0v) is 37.0. The molecule has 7 N–H and O–H groups in total. The lowest BCUT2D eigenvalue weighted by atomic mass is 9.77. The molecule has 0 radical (unpaired) electrons. The number of aliphatic hydroxyl groups is 7. The molecule has 2 saturated heterocycles. The minimum Gasteiger partial charge on any atom is -0.490 e. The molecule has 3 aliphatic heterocycles. The van der Waals surface area contributed by atoms with Crippen LogP contribution in [0.4, 0.5) is 0 Å². The average Bonchev–Trinajstić information content (AvgIpc) is 3.19. The fourth-order valence-electron chi connectivity index (χ4n) is 8.63. The lowest BCUT2D eigenvalue weighted by molar-refractivity contribution is -0.352. The van der Waals surface area contributed by atoms with Crippen LogP contribution in [0.25, 0.3) is 0 Å². The molecule has 0 aromatic heterocycles. The molecule has 3 aliphatic rings. The Bertz CT molecular complexity index is 1490. The van der Waals surface area contributed by atoms with Crippen LogP contribution in [0.5, 0.6) is 0 Å². The highest BCUT2D eigenvalue weighted by Crippen LogP contribution is 2.42. The molecule has 338 valence electrons. The Morgan fingerprint density at radius 3 is 2.24 bits per heavy atom. The summed E-state index contributed by atoms with van der Waals surface area (Å²) in [5.41, 5.74) is 1.58. The summed E-state index contributed by atoms with van der Waals surface area (Å²) < 4.78 is 35.8. The fraction of sp³-hybridized carbons (Fsp3) is 0.756. The largest absolute Gasteiger partial charge is 0.490 e. The number of rotatable bonds is 10. The van der Waals surface area contributed by atoms with Gasteiger partial charge in [0.05, 0.1) is 43.7 Å². The van der Waals surface area contributed by atoms with Gasteiger partial charge in [0.15, 0.2) is 12.1 Å². The summed E-state index contributed by atoms with van der Waals surface area (Å²) in [6.45, 7) is 18.0. The molecule has 0 saturated carbocycles. The standard InChI is InChI=1S/C45H74O14/c1-13-16-32-27(7)35(57-44-41(51)40(50)39(49)30(10)56-44)22-45(53,59-32)29(9)38(48)28(8)42-33(54-11)18-15-17-23(3)19-25(5)36(46)31(14-2)37(47)26(6)20-24(4)21-34(55-12)43(52)58-42/h13,15-18,20-21,25-33,35-42,44,46-51,53H,14,19,22H2,1-12H3/b16-13+,18-15+,23-17+,24-20+,34-21-/t25?,26?,27?,28?,29?,30-,31?,32?,33?,35?,36?,37?,38?,39-,40+,41+,42?,44-,45?/m0/s1. The van der Waals surface area contributed by atoms with E-state index < -0.39 is 97.0 Å². The van der Waals surface area contributed by atoms with Crippen LogP contribution in [0.1, 0.15) is 88.5 Å². The smallest absolute Gasteiger partial charge is 0.373 e. The third kappa shape index (κ3) is 12.6. The maximum Gasteiger partial charge on any atom is 0.373 e. The molecule has 3 rings (SSSR count). The maximum absolute atomic E-state index is 13.9. The number of aliphatic hydroxyl groups excluding tert-OH is 6. The molecular formula is C45H74O14. The molecule has 19 atom stereocenters. The molecule has 0 aromatic rings. The average molecular weight is 839 g/mol. The van der Waals surface area contributed by atoms with E-state index in [1.165, 1.54) is 20.3 Å². The fourth-order valence-corrected chi connectivity index (χ4v) is 8.63. The van der Waals surface area contributed by atoms with Crippen molar-refractivity contribution >= 4 is 5.97 Å². The van der Waals surface area contributed by atoms with Gasteiger partial charge in [0.25, 0.3) is 0 Å². The number of methoxy groups -OCH3 is 2. The van der Waals surface area contributed by atoms with Crippen molar-refractivity contribution in [1.82, 2.24) is 0 Å². The van der Waals surface area contributed by atoms with Crippen LogP contribution in [-0.2, 0) is 33.2 Å². The van der Waals surface area contributed by atoms with Crippen LogP contribution in [0.15, 0.2) is 59.4 Å². The number of ether oxygens (including phenoxy) is 6. The summed E-state index contributed by atoms with van der Waals surface area (Å²) in [5.74, 6) is -6.19.